The van der Waals surface area contributed by atoms with Crippen LogP contribution in [0.1, 0.15) is 12.5 Å². The largest absolute Gasteiger partial charge is 0.497 e. The van der Waals surface area contributed by atoms with Crippen LogP contribution in [-0.2, 0) is 16.1 Å². The van der Waals surface area contributed by atoms with E-state index in [0.29, 0.717) is 11.5 Å². The Morgan fingerprint density at radius 3 is 2.42 bits per heavy atom. The maximum absolute atomic E-state index is 11.4. The van der Waals surface area contributed by atoms with Crippen molar-refractivity contribution in [3.8, 4) is 11.5 Å². The summed E-state index contributed by atoms with van der Waals surface area (Å²) in [5.74, 6) is -0.174. The number of nitrogens with zero attached hydrogens (tertiary/aromatic N) is 1. The number of hydrogen-bond acceptors (Lipinski definition) is 4. The van der Waals surface area contributed by atoms with Gasteiger partial charge in [-0.05, 0) is 12.1 Å². The fourth-order valence-corrected chi connectivity index (χ4v) is 1.63. The van der Waals surface area contributed by atoms with E-state index in [0.717, 1.165) is 5.56 Å². The van der Waals surface area contributed by atoms with Crippen LogP contribution in [-0.4, -0.2) is 42.6 Å². The monoisotopic (exact) mass is 267 g/mol. The highest BCUT2D eigenvalue weighted by Crippen LogP contribution is 2.25. The first-order valence-corrected chi connectivity index (χ1v) is 5.66. The number of carboxylic acids is 1. The number of aliphatic carboxylic acids is 1. The van der Waals surface area contributed by atoms with Crippen LogP contribution in [0.4, 0.5) is 0 Å². The van der Waals surface area contributed by atoms with Crippen LogP contribution < -0.4 is 9.47 Å². The molecule has 0 saturated carbocycles. The summed E-state index contributed by atoms with van der Waals surface area (Å²) in [6.07, 6.45) is 0. The second-order valence-corrected chi connectivity index (χ2v) is 3.95. The Morgan fingerprint density at radius 1 is 1.26 bits per heavy atom. The Balaban J connectivity index is 2.95. The van der Waals surface area contributed by atoms with Crippen molar-refractivity contribution in [1.29, 1.82) is 0 Å². The topological polar surface area (TPSA) is 76.1 Å². The fourth-order valence-electron chi connectivity index (χ4n) is 1.63. The summed E-state index contributed by atoms with van der Waals surface area (Å²) in [7, 11) is 3.05. The van der Waals surface area contributed by atoms with E-state index >= 15 is 0 Å². The summed E-state index contributed by atoms with van der Waals surface area (Å²) in [6, 6.07) is 5.17. The number of hydrogen-bond donors (Lipinski definition) is 1. The maximum Gasteiger partial charge on any atom is 0.323 e. The average molecular weight is 267 g/mol. The minimum atomic E-state index is -1.05. The SMILES string of the molecule is COc1ccc(CN(CC(=O)O)C(C)=O)c(OC)c1. The van der Waals surface area contributed by atoms with Crippen molar-refractivity contribution in [2.24, 2.45) is 0 Å². The van der Waals surface area contributed by atoms with Crippen LogP contribution in [0.3, 0.4) is 0 Å². The van der Waals surface area contributed by atoms with Gasteiger partial charge in [-0.2, -0.15) is 0 Å². The maximum atomic E-state index is 11.4. The van der Waals surface area contributed by atoms with Gasteiger partial charge >= 0.3 is 5.97 Å². The molecule has 1 aromatic rings. The molecule has 1 N–H and O–H groups in total. The minimum absolute atomic E-state index is 0.175. The van der Waals surface area contributed by atoms with Gasteiger partial charge in [-0.1, -0.05) is 0 Å². The molecule has 104 valence electrons. The molecule has 1 aromatic carbocycles. The number of amides is 1. The molecule has 0 aromatic heterocycles. The number of carbonyl (C=O) groups excluding carboxylic acids is 1. The Labute approximate surface area is 111 Å². The molecular formula is C13H17NO5. The predicted molar refractivity (Wildman–Crippen MR) is 68.3 cm³/mol. The van der Waals surface area contributed by atoms with Crippen molar-refractivity contribution in [3.63, 3.8) is 0 Å². The summed E-state index contributed by atoms with van der Waals surface area (Å²) in [6.45, 7) is 1.16. The standard InChI is InChI=1S/C13H17NO5/c1-9(15)14(8-13(16)17)7-10-4-5-11(18-2)6-12(10)19-3/h4-6H,7-8H2,1-3H3,(H,16,17). The molecule has 0 atom stereocenters. The van der Waals surface area contributed by atoms with Crippen LogP contribution in [0, 0.1) is 0 Å². The summed E-state index contributed by atoms with van der Waals surface area (Å²) in [5.41, 5.74) is 0.722. The van der Waals surface area contributed by atoms with Crippen LogP contribution >= 0.6 is 0 Å². The summed E-state index contributed by atoms with van der Waals surface area (Å²) in [4.78, 5) is 23.3. The Bertz CT molecular complexity index is 472. The normalized spacial score (nSPS) is 9.84. The van der Waals surface area contributed by atoms with E-state index in [1.807, 2.05) is 0 Å². The van der Waals surface area contributed by atoms with Crippen molar-refractivity contribution in [2.75, 3.05) is 20.8 Å². The van der Waals surface area contributed by atoms with Crippen molar-refractivity contribution in [1.82, 2.24) is 4.90 Å². The van der Waals surface area contributed by atoms with Crippen molar-refractivity contribution in [2.45, 2.75) is 13.5 Å². The molecular weight excluding hydrogens is 250 g/mol. The van der Waals surface area contributed by atoms with Crippen molar-refractivity contribution >= 4 is 11.9 Å². The number of benzene rings is 1. The highest BCUT2D eigenvalue weighted by atomic mass is 16.5. The molecule has 0 aliphatic heterocycles. The van der Waals surface area contributed by atoms with Crippen LogP contribution in [0.5, 0.6) is 11.5 Å². The minimum Gasteiger partial charge on any atom is -0.497 e. The zero-order valence-corrected chi connectivity index (χ0v) is 11.2. The number of ether oxygens (including phenoxy) is 2. The molecule has 0 heterocycles. The first kappa shape index (κ1) is 14.8. The van der Waals surface area contributed by atoms with E-state index in [1.165, 1.54) is 18.9 Å². The van der Waals surface area contributed by atoms with Crippen LogP contribution in [0.2, 0.25) is 0 Å². The number of carbonyl (C=O) groups is 2. The number of rotatable bonds is 6. The quantitative estimate of drug-likeness (QED) is 0.836. The lowest BCUT2D eigenvalue weighted by Crippen LogP contribution is -2.33. The highest BCUT2D eigenvalue weighted by Gasteiger charge is 2.15. The smallest absolute Gasteiger partial charge is 0.323 e. The molecule has 0 fully saturated rings. The summed E-state index contributed by atoms with van der Waals surface area (Å²) in [5, 5.41) is 8.77. The average Bonchev–Trinajstić information content (AvgIpc) is 2.37. The Kier molecular flexibility index (Phi) is 5.17. The van der Waals surface area contributed by atoms with Gasteiger partial charge < -0.3 is 19.5 Å². The van der Waals surface area contributed by atoms with Gasteiger partial charge in [0.1, 0.15) is 18.0 Å². The zero-order chi connectivity index (χ0) is 14.4. The first-order valence-electron chi connectivity index (χ1n) is 5.66. The first-order chi connectivity index (χ1) is 8.97. The molecule has 1 rings (SSSR count). The van der Waals surface area contributed by atoms with E-state index in [9.17, 15) is 9.59 Å². The van der Waals surface area contributed by atoms with Crippen molar-refractivity contribution < 1.29 is 24.2 Å². The predicted octanol–water partition coefficient (Wildman–Crippen LogP) is 1.14. The molecule has 0 aliphatic carbocycles. The van der Waals surface area contributed by atoms with E-state index in [1.54, 1.807) is 25.3 Å². The molecule has 0 unspecified atom stereocenters. The lowest BCUT2D eigenvalue weighted by atomic mass is 10.1. The van der Waals surface area contributed by atoms with Crippen LogP contribution in [0.15, 0.2) is 18.2 Å². The highest BCUT2D eigenvalue weighted by molar-refractivity contribution is 5.79. The number of methoxy groups -OCH3 is 2. The van der Waals surface area contributed by atoms with Crippen molar-refractivity contribution in [3.05, 3.63) is 23.8 Å². The Morgan fingerprint density at radius 2 is 1.95 bits per heavy atom. The molecule has 0 radical (unpaired) electrons. The van der Waals surface area contributed by atoms with Gasteiger partial charge in [-0.25, -0.2) is 0 Å². The van der Waals surface area contributed by atoms with Gasteiger partial charge in [0.25, 0.3) is 0 Å². The van der Waals surface area contributed by atoms with E-state index in [-0.39, 0.29) is 19.0 Å². The molecule has 6 heteroatoms. The van der Waals surface area contributed by atoms with Gasteiger partial charge in [0.2, 0.25) is 5.91 Å². The summed E-state index contributed by atoms with van der Waals surface area (Å²) >= 11 is 0. The zero-order valence-electron chi connectivity index (χ0n) is 11.2. The second-order valence-electron chi connectivity index (χ2n) is 3.95. The molecule has 0 aliphatic rings. The number of carboxylic acid groups (broad SMARTS) is 1. The lowest BCUT2D eigenvalue weighted by Gasteiger charge is -2.20. The van der Waals surface area contributed by atoms with E-state index < -0.39 is 5.97 Å². The van der Waals surface area contributed by atoms with Gasteiger partial charge in [0, 0.05) is 25.1 Å². The molecule has 19 heavy (non-hydrogen) atoms. The molecule has 0 bridgehead atoms. The Hall–Kier alpha value is -2.24. The summed E-state index contributed by atoms with van der Waals surface area (Å²) < 4.78 is 10.3. The fraction of sp³-hybridized carbons (Fsp3) is 0.385. The van der Waals surface area contributed by atoms with E-state index in [4.69, 9.17) is 14.6 Å². The molecule has 1 amide bonds. The van der Waals surface area contributed by atoms with Gasteiger partial charge in [-0.3, -0.25) is 9.59 Å². The molecule has 6 nitrogen and oxygen atoms in total. The van der Waals surface area contributed by atoms with Crippen LogP contribution in [0.25, 0.3) is 0 Å². The third kappa shape index (κ3) is 4.17. The third-order valence-corrected chi connectivity index (χ3v) is 2.63. The van der Waals surface area contributed by atoms with Gasteiger partial charge in [0.05, 0.1) is 14.2 Å². The molecule has 0 spiro atoms. The molecule has 0 saturated heterocycles. The van der Waals surface area contributed by atoms with Gasteiger partial charge in [-0.15, -0.1) is 0 Å². The second kappa shape index (κ2) is 6.63. The lowest BCUT2D eigenvalue weighted by molar-refractivity contribution is -0.144. The van der Waals surface area contributed by atoms with E-state index in [2.05, 4.69) is 0 Å². The van der Waals surface area contributed by atoms with Gasteiger partial charge in [0.15, 0.2) is 0 Å². The third-order valence-electron chi connectivity index (χ3n) is 2.63.